The highest BCUT2D eigenvalue weighted by Gasteiger charge is 2.36. The average molecular weight is 564 g/mol. The Morgan fingerprint density at radius 1 is 0.854 bits per heavy atom. The molecule has 9 heteroatoms. The molecule has 0 aliphatic heterocycles. The van der Waals surface area contributed by atoms with E-state index in [0.29, 0.717) is 38.5 Å². The van der Waals surface area contributed by atoms with Crippen LogP contribution in [0.15, 0.2) is 54.9 Å². The first-order valence-electron chi connectivity index (χ1n) is 14.3. The molecule has 0 saturated carbocycles. The Hall–Kier alpha value is -3.85. The molecular weight excluding hydrogens is 522 g/mol. The quantitative estimate of drug-likeness (QED) is 0.184. The van der Waals surface area contributed by atoms with Crippen molar-refractivity contribution in [3.05, 3.63) is 77.4 Å². The van der Waals surface area contributed by atoms with Gasteiger partial charge in [0.2, 0.25) is 0 Å². The van der Waals surface area contributed by atoms with Crippen LogP contribution in [-0.2, 0) is 24.5 Å². The third-order valence-corrected chi connectivity index (χ3v) is 7.32. The van der Waals surface area contributed by atoms with Gasteiger partial charge in [-0.1, -0.05) is 45.0 Å². The van der Waals surface area contributed by atoms with Gasteiger partial charge in [0.15, 0.2) is 0 Å². The molecule has 0 bridgehead atoms. The van der Waals surface area contributed by atoms with E-state index in [1.165, 1.54) is 5.69 Å². The van der Waals surface area contributed by atoms with Crippen LogP contribution in [0.1, 0.15) is 68.5 Å². The van der Waals surface area contributed by atoms with E-state index in [1.807, 2.05) is 38.2 Å². The largest absolute Gasteiger partial charge is 0.490 e. The summed E-state index contributed by atoms with van der Waals surface area (Å²) >= 11 is 0. The van der Waals surface area contributed by atoms with Crippen molar-refractivity contribution in [3.8, 4) is 11.5 Å². The molecule has 2 aromatic carbocycles. The number of H-pyrrole nitrogens is 1. The van der Waals surface area contributed by atoms with Crippen molar-refractivity contribution in [2.45, 2.75) is 51.4 Å². The molecule has 1 aliphatic rings. The fourth-order valence-corrected chi connectivity index (χ4v) is 4.71. The summed E-state index contributed by atoms with van der Waals surface area (Å²) < 4.78 is 22.0. The summed E-state index contributed by atoms with van der Waals surface area (Å²) in [6.07, 6.45) is 3.27. The van der Waals surface area contributed by atoms with Crippen LogP contribution in [0.4, 0.5) is 0 Å². The fraction of sp³-hybridized carbons (Fsp3) is 0.469. The van der Waals surface area contributed by atoms with Crippen molar-refractivity contribution in [3.63, 3.8) is 0 Å². The number of carbonyl (C=O) groups excluding carboxylic acids is 2. The van der Waals surface area contributed by atoms with Crippen LogP contribution in [0.2, 0.25) is 0 Å². The number of aromatic amines is 1. The second kappa shape index (κ2) is 14.2. The van der Waals surface area contributed by atoms with Crippen LogP contribution in [0.25, 0.3) is 0 Å². The van der Waals surface area contributed by atoms with E-state index >= 15 is 0 Å². The van der Waals surface area contributed by atoms with Crippen LogP contribution < -0.4 is 9.47 Å². The lowest BCUT2D eigenvalue weighted by Crippen LogP contribution is -2.25. The number of carbonyl (C=O) groups is 2. The number of ether oxygens (including phenoxy) is 4. The number of rotatable bonds is 17. The summed E-state index contributed by atoms with van der Waals surface area (Å²) in [7, 11) is 2.00. The first-order valence-corrected chi connectivity index (χ1v) is 14.3. The Kier molecular flexibility index (Phi) is 10.4. The first-order chi connectivity index (χ1) is 19.8. The molecule has 1 aromatic heterocycles. The number of likely N-dealkylation sites (N-methyl/N-ethyl adjacent to an activating group) is 1. The number of fused-ring (bicyclic) bond motifs is 1. The van der Waals surface area contributed by atoms with E-state index < -0.39 is 0 Å². The number of hydrogen-bond acceptors (Lipinski definition) is 8. The Morgan fingerprint density at radius 3 is 1.88 bits per heavy atom. The van der Waals surface area contributed by atoms with Crippen LogP contribution in [0, 0.1) is 0 Å². The van der Waals surface area contributed by atoms with Crippen molar-refractivity contribution >= 4 is 11.9 Å². The minimum Gasteiger partial charge on any atom is -0.490 e. The molecule has 1 atom stereocenters. The lowest BCUT2D eigenvalue weighted by molar-refractivity contribution is -0.145. The van der Waals surface area contributed by atoms with Gasteiger partial charge in [0.05, 0.1) is 24.4 Å². The lowest BCUT2D eigenvalue weighted by atomic mass is 9.78. The Balaban J connectivity index is 1.13. The van der Waals surface area contributed by atoms with Crippen molar-refractivity contribution in [1.82, 2.24) is 14.9 Å². The number of esters is 2. The van der Waals surface area contributed by atoms with Gasteiger partial charge in [-0.3, -0.25) is 9.59 Å². The van der Waals surface area contributed by atoms with Crippen LogP contribution in [0.5, 0.6) is 11.5 Å². The summed E-state index contributed by atoms with van der Waals surface area (Å²) in [5, 5.41) is 0. The molecule has 4 rings (SSSR count). The summed E-state index contributed by atoms with van der Waals surface area (Å²) in [6.45, 7) is 8.86. The lowest BCUT2D eigenvalue weighted by Gasteiger charge is -2.26. The molecule has 1 N–H and O–H groups in total. The molecule has 0 saturated heterocycles. The van der Waals surface area contributed by atoms with Gasteiger partial charge in [-0.15, -0.1) is 0 Å². The van der Waals surface area contributed by atoms with Gasteiger partial charge in [0.1, 0.15) is 37.9 Å². The predicted octanol–water partition coefficient (Wildman–Crippen LogP) is 4.85. The number of nitrogens with one attached hydrogen (secondary N) is 1. The van der Waals surface area contributed by atoms with Crippen LogP contribution >= 0.6 is 0 Å². The molecule has 9 nitrogen and oxygen atoms in total. The average Bonchev–Trinajstić information content (AvgIpc) is 3.36. The van der Waals surface area contributed by atoms with Gasteiger partial charge in [-0.2, -0.15) is 0 Å². The van der Waals surface area contributed by atoms with E-state index in [0.717, 1.165) is 41.3 Å². The topological polar surface area (TPSA) is 103 Å². The zero-order valence-electron chi connectivity index (χ0n) is 24.5. The monoisotopic (exact) mass is 563 g/mol. The second-order valence-corrected chi connectivity index (χ2v) is 10.8. The molecule has 0 radical (unpaired) electrons. The van der Waals surface area contributed by atoms with Gasteiger partial charge in [-0.05, 0) is 48.9 Å². The fourth-order valence-electron chi connectivity index (χ4n) is 4.71. The summed E-state index contributed by atoms with van der Waals surface area (Å²) in [6, 6.07) is 16.0. The molecule has 3 aromatic rings. The maximum atomic E-state index is 12.1. The van der Waals surface area contributed by atoms with E-state index in [4.69, 9.17) is 18.9 Å². The molecule has 220 valence electrons. The van der Waals surface area contributed by atoms with Gasteiger partial charge in [-0.25, -0.2) is 4.98 Å². The van der Waals surface area contributed by atoms with Gasteiger partial charge in [0.25, 0.3) is 0 Å². The second-order valence-electron chi connectivity index (χ2n) is 10.8. The highest BCUT2D eigenvalue weighted by molar-refractivity contribution is 5.69. The number of imidazole rings is 1. The third kappa shape index (κ3) is 8.57. The van der Waals surface area contributed by atoms with Crippen molar-refractivity contribution in [2.24, 2.45) is 0 Å². The first kappa shape index (κ1) is 30.1. The predicted molar refractivity (Wildman–Crippen MR) is 155 cm³/mol. The molecular formula is C32H41N3O6. The highest BCUT2D eigenvalue weighted by Crippen LogP contribution is 2.40. The Bertz CT molecular complexity index is 1250. The molecule has 1 aliphatic carbocycles. The van der Waals surface area contributed by atoms with E-state index in [-0.39, 0.29) is 30.6 Å². The van der Waals surface area contributed by atoms with Gasteiger partial charge < -0.3 is 28.8 Å². The van der Waals surface area contributed by atoms with Crippen molar-refractivity contribution in [2.75, 3.05) is 46.6 Å². The zero-order valence-corrected chi connectivity index (χ0v) is 24.5. The van der Waals surface area contributed by atoms with E-state index in [2.05, 4.69) is 53.0 Å². The SMILES string of the molecule is CCCC(=O)OCCOc1ccc(C(C)(C)c2ccc(OCCOC(=O)CCN(C)CC3c4nc[nH]c43)cc2)cc1. The minimum absolute atomic E-state index is 0.193. The number of aromatic nitrogens is 2. The molecule has 0 spiro atoms. The maximum Gasteiger partial charge on any atom is 0.307 e. The molecule has 41 heavy (non-hydrogen) atoms. The number of hydrogen-bond donors (Lipinski definition) is 1. The highest BCUT2D eigenvalue weighted by atomic mass is 16.6. The molecule has 0 amide bonds. The summed E-state index contributed by atoms with van der Waals surface area (Å²) in [5.41, 5.74) is 4.40. The Labute approximate surface area is 242 Å². The van der Waals surface area contributed by atoms with Gasteiger partial charge in [0, 0.05) is 30.6 Å². The minimum atomic E-state index is -0.227. The summed E-state index contributed by atoms with van der Waals surface area (Å²) in [5.74, 6) is 1.43. The Morgan fingerprint density at radius 2 is 1.39 bits per heavy atom. The third-order valence-electron chi connectivity index (χ3n) is 7.32. The summed E-state index contributed by atoms with van der Waals surface area (Å²) in [4.78, 5) is 33.1. The van der Waals surface area contributed by atoms with E-state index in [1.54, 1.807) is 6.33 Å². The van der Waals surface area contributed by atoms with Crippen LogP contribution in [0.3, 0.4) is 0 Å². The van der Waals surface area contributed by atoms with Gasteiger partial charge >= 0.3 is 11.9 Å². The van der Waals surface area contributed by atoms with E-state index in [9.17, 15) is 9.59 Å². The molecule has 1 heterocycles. The number of benzene rings is 2. The molecule has 1 unspecified atom stereocenters. The standard InChI is InChI=1S/C32H41N3O6/c1-5-6-28(36)40-19-17-38-25-11-7-23(8-12-25)32(2,3)24-9-13-26(14-10-24)39-18-20-41-29(37)15-16-35(4)21-27-30-31(27)34-22-33-30/h7-14,22,27H,5-6,15-21H2,1-4H3,(H,33,34). The van der Waals surface area contributed by atoms with Crippen molar-refractivity contribution in [1.29, 1.82) is 0 Å². The normalized spacial score (nSPS) is 12.6. The van der Waals surface area contributed by atoms with Crippen molar-refractivity contribution < 1.29 is 28.5 Å². The zero-order chi connectivity index (χ0) is 29.2. The number of nitrogens with zero attached hydrogens (tertiary/aromatic N) is 2. The van der Waals surface area contributed by atoms with Crippen LogP contribution in [-0.4, -0.2) is 73.4 Å². The molecule has 0 fully saturated rings. The maximum absolute atomic E-state index is 12.1. The smallest absolute Gasteiger partial charge is 0.307 e.